The first kappa shape index (κ1) is 16.0. The number of nitrogens with one attached hydrogen (secondary N) is 1. The van der Waals surface area contributed by atoms with Gasteiger partial charge in [-0.3, -0.25) is 4.98 Å². The Balaban J connectivity index is 1.48. The van der Waals surface area contributed by atoms with E-state index in [0.29, 0.717) is 16.5 Å². The number of benzene rings is 1. The maximum absolute atomic E-state index is 12.4. The molecule has 0 atom stereocenters. The fraction of sp³-hybridized carbons (Fsp3) is 0.125. The number of hydrogen-bond acceptors (Lipinski definition) is 7. The second-order valence-electron chi connectivity index (χ2n) is 5.20. The van der Waals surface area contributed by atoms with Crippen molar-refractivity contribution >= 4 is 21.4 Å². The van der Waals surface area contributed by atoms with E-state index in [9.17, 15) is 8.42 Å². The minimum Gasteiger partial charge on any atom is -0.454 e. The summed E-state index contributed by atoms with van der Waals surface area (Å²) in [7, 11) is -3.66. The van der Waals surface area contributed by atoms with Crippen LogP contribution in [0.25, 0.3) is 11.3 Å². The average Bonchev–Trinajstić information content (AvgIpc) is 3.29. The van der Waals surface area contributed by atoms with Crippen LogP contribution in [0.15, 0.2) is 53.0 Å². The van der Waals surface area contributed by atoms with Crippen molar-refractivity contribution in [2.24, 2.45) is 0 Å². The molecule has 2 aromatic heterocycles. The van der Waals surface area contributed by atoms with E-state index in [2.05, 4.69) is 14.7 Å². The first-order chi connectivity index (χ1) is 12.1. The lowest BCUT2D eigenvalue weighted by molar-refractivity contribution is 0.174. The number of hydrogen-bond donors (Lipinski definition) is 1. The highest BCUT2D eigenvalue weighted by atomic mass is 32.2. The molecule has 128 valence electrons. The molecule has 0 unspecified atom stereocenters. The van der Waals surface area contributed by atoms with Crippen molar-refractivity contribution in [3.63, 3.8) is 0 Å². The average molecular weight is 375 g/mol. The van der Waals surface area contributed by atoms with Crippen molar-refractivity contribution < 1.29 is 17.9 Å². The molecule has 0 fully saturated rings. The Bertz CT molecular complexity index is 1000. The second kappa shape index (κ2) is 6.43. The van der Waals surface area contributed by atoms with Crippen LogP contribution in [0.2, 0.25) is 0 Å². The van der Waals surface area contributed by atoms with E-state index in [-0.39, 0.29) is 18.2 Å². The molecule has 25 heavy (non-hydrogen) atoms. The van der Waals surface area contributed by atoms with Crippen LogP contribution in [0, 0.1) is 0 Å². The molecule has 0 bridgehead atoms. The van der Waals surface area contributed by atoms with Crippen LogP contribution in [0.3, 0.4) is 0 Å². The summed E-state index contributed by atoms with van der Waals surface area (Å²) < 4.78 is 37.9. The molecular formula is C16H13N3O4S2. The third-order valence-electron chi connectivity index (χ3n) is 3.60. The Hall–Kier alpha value is -2.49. The topological polar surface area (TPSA) is 90.4 Å². The van der Waals surface area contributed by atoms with E-state index in [1.807, 2.05) is 17.5 Å². The number of pyridine rings is 1. The summed E-state index contributed by atoms with van der Waals surface area (Å²) in [5.41, 5.74) is 1.74. The minimum absolute atomic E-state index is 0.100. The highest BCUT2D eigenvalue weighted by Gasteiger charge is 2.20. The van der Waals surface area contributed by atoms with Gasteiger partial charge in [-0.05, 0) is 24.3 Å². The Morgan fingerprint density at radius 1 is 1.12 bits per heavy atom. The zero-order chi connectivity index (χ0) is 17.3. The van der Waals surface area contributed by atoms with Crippen LogP contribution < -0.4 is 14.2 Å². The van der Waals surface area contributed by atoms with Gasteiger partial charge in [0.15, 0.2) is 11.5 Å². The predicted octanol–water partition coefficient (Wildman–Crippen LogP) is 2.41. The first-order valence-corrected chi connectivity index (χ1v) is 9.72. The second-order valence-corrected chi connectivity index (χ2v) is 7.91. The molecule has 0 amide bonds. The van der Waals surface area contributed by atoms with E-state index in [1.54, 1.807) is 18.5 Å². The van der Waals surface area contributed by atoms with Crippen molar-refractivity contribution in [2.45, 2.75) is 11.4 Å². The molecule has 9 heteroatoms. The zero-order valence-corrected chi connectivity index (χ0v) is 14.5. The normalized spacial score (nSPS) is 13.1. The van der Waals surface area contributed by atoms with Crippen LogP contribution in [0.4, 0.5) is 0 Å². The Kier molecular flexibility index (Phi) is 4.12. The summed E-state index contributed by atoms with van der Waals surface area (Å²) in [4.78, 5) is 8.55. The van der Waals surface area contributed by atoms with Gasteiger partial charge in [0.25, 0.3) is 0 Å². The van der Waals surface area contributed by atoms with Crippen LogP contribution in [-0.2, 0) is 16.6 Å². The molecule has 1 aliphatic heterocycles. The lowest BCUT2D eigenvalue weighted by Gasteiger charge is -2.06. The number of aromatic nitrogens is 2. The molecule has 3 heterocycles. The molecule has 4 rings (SSSR count). The summed E-state index contributed by atoms with van der Waals surface area (Å²) >= 11 is 1.40. The summed E-state index contributed by atoms with van der Waals surface area (Å²) in [5.74, 6) is 0.970. The van der Waals surface area contributed by atoms with Crippen LogP contribution in [0.5, 0.6) is 11.5 Å². The Labute approximate surface area is 148 Å². The van der Waals surface area contributed by atoms with Crippen molar-refractivity contribution in [2.75, 3.05) is 6.79 Å². The van der Waals surface area contributed by atoms with Crippen molar-refractivity contribution in [3.8, 4) is 22.8 Å². The first-order valence-electron chi connectivity index (χ1n) is 7.36. The summed E-state index contributed by atoms with van der Waals surface area (Å²) in [6.45, 7) is 0.218. The standard InChI is InChI=1S/C16H13N3O4S2/c20-25(21,12-1-2-14-15(7-12)23-10-22-14)18-8-16-19-13(9-24-16)11-3-5-17-6-4-11/h1-7,9,18H,8,10H2. The SMILES string of the molecule is O=S(=O)(NCc1nc(-c2ccncc2)cs1)c1ccc2c(c1)OCO2. The maximum Gasteiger partial charge on any atom is 0.241 e. The van der Waals surface area contributed by atoms with E-state index in [1.165, 1.54) is 23.5 Å². The predicted molar refractivity (Wildman–Crippen MR) is 91.9 cm³/mol. The maximum atomic E-state index is 12.4. The van der Waals surface area contributed by atoms with Crippen LogP contribution in [0.1, 0.15) is 5.01 Å². The van der Waals surface area contributed by atoms with Gasteiger partial charge < -0.3 is 9.47 Å². The number of sulfonamides is 1. The molecule has 0 radical (unpaired) electrons. The summed E-state index contributed by atoms with van der Waals surface area (Å²) in [5, 5.41) is 2.57. The van der Waals surface area contributed by atoms with Gasteiger partial charge in [-0.1, -0.05) is 0 Å². The van der Waals surface area contributed by atoms with Crippen molar-refractivity contribution in [1.82, 2.24) is 14.7 Å². The molecule has 1 aromatic carbocycles. The van der Waals surface area contributed by atoms with Crippen LogP contribution >= 0.6 is 11.3 Å². The molecule has 1 aliphatic rings. The van der Waals surface area contributed by atoms with Crippen molar-refractivity contribution in [1.29, 1.82) is 0 Å². The molecule has 0 spiro atoms. The third kappa shape index (κ3) is 3.34. The largest absolute Gasteiger partial charge is 0.454 e. The van der Waals surface area contributed by atoms with Gasteiger partial charge in [-0.2, -0.15) is 0 Å². The van der Waals surface area contributed by atoms with Gasteiger partial charge in [-0.15, -0.1) is 11.3 Å². The molecule has 7 nitrogen and oxygen atoms in total. The zero-order valence-electron chi connectivity index (χ0n) is 12.9. The minimum atomic E-state index is -3.66. The molecule has 0 saturated carbocycles. The fourth-order valence-corrected chi connectivity index (χ4v) is 4.17. The summed E-state index contributed by atoms with van der Waals surface area (Å²) in [6.07, 6.45) is 3.38. The van der Waals surface area contributed by atoms with E-state index in [4.69, 9.17) is 9.47 Å². The molecule has 0 aliphatic carbocycles. The van der Waals surface area contributed by atoms with Gasteiger partial charge in [0.2, 0.25) is 16.8 Å². The number of ether oxygens (including phenoxy) is 2. The Morgan fingerprint density at radius 3 is 2.76 bits per heavy atom. The number of rotatable bonds is 5. The monoisotopic (exact) mass is 375 g/mol. The lowest BCUT2D eigenvalue weighted by atomic mass is 10.2. The van der Waals surface area contributed by atoms with E-state index < -0.39 is 10.0 Å². The van der Waals surface area contributed by atoms with Crippen molar-refractivity contribution in [3.05, 3.63) is 53.1 Å². The van der Waals surface area contributed by atoms with Gasteiger partial charge in [0.05, 0.1) is 17.1 Å². The van der Waals surface area contributed by atoms with Gasteiger partial charge in [0.1, 0.15) is 5.01 Å². The highest BCUT2D eigenvalue weighted by Crippen LogP contribution is 2.33. The smallest absolute Gasteiger partial charge is 0.241 e. The number of fused-ring (bicyclic) bond motifs is 1. The van der Waals surface area contributed by atoms with Crippen LogP contribution in [-0.4, -0.2) is 25.2 Å². The van der Waals surface area contributed by atoms with E-state index in [0.717, 1.165) is 11.3 Å². The molecule has 0 saturated heterocycles. The summed E-state index contributed by atoms with van der Waals surface area (Å²) in [6, 6.07) is 8.24. The molecule has 1 N–H and O–H groups in total. The fourth-order valence-electron chi connectivity index (χ4n) is 2.33. The third-order valence-corrected chi connectivity index (χ3v) is 5.84. The Morgan fingerprint density at radius 2 is 1.92 bits per heavy atom. The van der Waals surface area contributed by atoms with Gasteiger partial charge >= 0.3 is 0 Å². The molecular weight excluding hydrogens is 362 g/mol. The number of thiazole rings is 1. The van der Waals surface area contributed by atoms with E-state index >= 15 is 0 Å². The quantitative estimate of drug-likeness (QED) is 0.736. The number of nitrogens with zero attached hydrogens (tertiary/aromatic N) is 2. The van der Waals surface area contributed by atoms with Gasteiger partial charge in [-0.25, -0.2) is 18.1 Å². The molecule has 3 aromatic rings. The highest BCUT2D eigenvalue weighted by molar-refractivity contribution is 7.89. The lowest BCUT2D eigenvalue weighted by Crippen LogP contribution is -2.23. The van der Waals surface area contributed by atoms with Gasteiger partial charge in [0, 0.05) is 29.4 Å².